The largest absolute Gasteiger partial charge is 0.454 e. The summed E-state index contributed by atoms with van der Waals surface area (Å²) in [5.41, 5.74) is -0.00913. The molecule has 0 bridgehead atoms. The molecular weight excluding hydrogens is 318 g/mol. The maximum absolute atomic E-state index is 11.8. The van der Waals surface area contributed by atoms with Gasteiger partial charge in [0.2, 0.25) is 18.6 Å². The quantitative estimate of drug-likeness (QED) is 0.454. The molecule has 1 aromatic carbocycles. The van der Waals surface area contributed by atoms with E-state index in [0.717, 1.165) is 6.08 Å². The number of carbonyl (C=O) groups is 2. The predicted octanol–water partition coefficient (Wildman–Crippen LogP) is 0.977. The summed E-state index contributed by atoms with van der Waals surface area (Å²) >= 11 is 0. The van der Waals surface area contributed by atoms with Gasteiger partial charge in [-0.3, -0.25) is 19.7 Å². The summed E-state index contributed by atoms with van der Waals surface area (Å²) in [6, 6.07) is 1.96. The van der Waals surface area contributed by atoms with E-state index < -0.39 is 16.9 Å². The molecule has 2 amide bonds. The molecule has 1 heterocycles. The molecule has 0 saturated carbocycles. The highest BCUT2D eigenvalue weighted by Gasteiger charge is 2.22. The van der Waals surface area contributed by atoms with Gasteiger partial charge in [-0.25, -0.2) is 0 Å². The molecule has 0 fully saturated rings. The lowest BCUT2D eigenvalue weighted by atomic mass is 10.1. The number of nitrogens with one attached hydrogen (secondary N) is 2. The summed E-state index contributed by atoms with van der Waals surface area (Å²) in [6.07, 6.45) is 2.42. The van der Waals surface area contributed by atoms with Crippen molar-refractivity contribution in [3.63, 3.8) is 0 Å². The van der Waals surface area contributed by atoms with Crippen LogP contribution < -0.4 is 20.1 Å². The van der Waals surface area contributed by atoms with E-state index in [4.69, 9.17) is 9.47 Å². The molecule has 1 aromatic rings. The molecule has 0 saturated heterocycles. The molecule has 0 aromatic heterocycles. The van der Waals surface area contributed by atoms with Gasteiger partial charge in [-0.05, 0) is 26.0 Å². The number of likely N-dealkylation sites (N-methyl/N-ethyl adjacent to an activating group) is 1. The van der Waals surface area contributed by atoms with Gasteiger partial charge in [0.05, 0.1) is 16.6 Å². The highest BCUT2D eigenvalue weighted by Crippen LogP contribution is 2.38. The van der Waals surface area contributed by atoms with Gasteiger partial charge in [-0.15, -0.1) is 0 Å². The minimum Gasteiger partial charge on any atom is -0.454 e. The molecule has 1 aliphatic rings. The van der Waals surface area contributed by atoms with Gasteiger partial charge in [0.25, 0.3) is 5.69 Å². The van der Waals surface area contributed by atoms with Gasteiger partial charge in [-0.1, -0.05) is 0 Å². The molecule has 128 valence electrons. The number of rotatable bonds is 6. The maximum Gasteiger partial charge on any atom is 0.280 e. The van der Waals surface area contributed by atoms with Crippen LogP contribution in [0.2, 0.25) is 0 Å². The van der Waals surface area contributed by atoms with E-state index >= 15 is 0 Å². The number of fused-ring (bicyclic) bond motifs is 1. The number of hydrogen-bond acceptors (Lipinski definition) is 6. The van der Waals surface area contributed by atoms with Gasteiger partial charge < -0.3 is 20.1 Å². The number of amides is 2. The molecule has 9 heteroatoms. The Kier molecular flexibility index (Phi) is 5.35. The summed E-state index contributed by atoms with van der Waals surface area (Å²) in [7, 11) is 0. The average molecular weight is 335 g/mol. The Morgan fingerprint density at radius 2 is 2.04 bits per heavy atom. The molecule has 0 radical (unpaired) electrons. The van der Waals surface area contributed by atoms with Crippen molar-refractivity contribution in [2.75, 3.05) is 13.3 Å². The number of carbonyl (C=O) groups excluding carboxylic acids is 2. The molecule has 0 unspecified atom stereocenters. The Morgan fingerprint density at radius 3 is 2.67 bits per heavy atom. The normalized spacial score (nSPS) is 13.6. The molecule has 0 spiro atoms. The predicted molar refractivity (Wildman–Crippen MR) is 84.5 cm³/mol. The number of nitrogens with zero attached hydrogens (tertiary/aromatic N) is 1. The van der Waals surface area contributed by atoms with Gasteiger partial charge >= 0.3 is 0 Å². The highest BCUT2D eigenvalue weighted by molar-refractivity contribution is 5.95. The Bertz CT molecular complexity index is 701. The van der Waals surface area contributed by atoms with Gasteiger partial charge in [0, 0.05) is 12.6 Å². The first kappa shape index (κ1) is 17.3. The first-order chi connectivity index (χ1) is 11.4. The third kappa shape index (κ3) is 4.00. The van der Waals surface area contributed by atoms with E-state index in [1.807, 2.05) is 0 Å². The second-order valence-corrected chi connectivity index (χ2v) is 4.98. The fourth-order valence-electron chi connectivity index (χ4n) is 2.06. The van der Waals surface area contributed by atoms with Crippen LogP contribution in [0.15, 0.2) is 18.2 Å². The van der Waals surface area contributed by atoms with E-state index in [9.17, 15) is 19.7 Å². The first-order valence-corrected chi connectivity index (χ1v) is 7.26. The van der Waals surface area contributed by atoms with Crippen LogP contribution in [0, 0.1) is 10.1 Å². The Labute approximate surface area is 137 Å². The number of nitro benzene ring substituents is 1. The molecule has 1 atom stereocenters. The minimum absolute atomic E-state index is 0.00973. The van der Waals surface area contributed by atoms with Crippen LogP contribution in [-0.2, 0) is 9.59 Å². The maximum atomic E-state index is 11.8. The topological polar surface area (TPSA) is 120 Å². The smallest absolute Gasteiger partial charge is 0.280 e. The number of hydrogen-bond donors (Lipinski definition) is 2. The van der Waals surface area contributed by atoms with Gasteiger partial charge in [0.1, 0.15) is 6.04 Å². The van der Waals surface area contributed by atoms with Crippen molar-refractivity contribution in [1.82, 2.24) is 10.6 Å². The molecule has 1 aliphatic heterocycles. The van der Waals surface area contributed by atoms with Gasteiger partial charge in [-0.2, -0.15) is 0 Å². The van der Waals surface area contributed by atoms with Crippen LogP contribution in [0.25, 0.3) is 6.08 Å². The van der Waals surface area contributed by atoms with Crippen molar-refractivity contribution >= 4 is 23.6 Å². The second-order valence-electron chi connectivity index (χ2n) is 4.98. The lowest BCUT2D eigenvalue weighted by Crippen LogP contribution is -2.44. The fourth-order valence-corrected chi connectivity index (χ4v) is 2.06. The van der Waals surface area contributed by atoms with Crippen LogP contribution in [0.1, 0.15) is 19.4 Å². The molecule has 2 rings (SSSR count). The number of nitro groups is 1. The Hall–Kier alpha value is -3.10. The lowest BCUT2D eigenvalue weighted by Gasteiger charge is -2.11. The number of benzene rings is 1. The average Bonchev–Trinajstić information content (AvgIpc) is 2.99. The number of ether oxygens (including phenoxy) is 2. The van der Waals surface area contributed by atoms with Crippen LogP contribution in [0.3, 0.4) is 0 Å². The molecule has 2 N–H and O–H groups in total. The summed E-state index contributed by atoms with van der Waals surface area (Å²) in [6.45, 7) is 3.76. The molecule has 0 aliphatic carbocycles. The van der Waals surface area contributed by atoms with Crippen molar-refractivity contribution in [1.29, 1.82) is 0 Å². The summed E-state index contributed by atoms with van der Waals surface area (Å²) < 4.78 is 10.3. The SMILES string of the molecule is CCNC(=O)[C@@H](C)NC(=O)/C=C/c1cc2c(cc1[N+](=O)[O-])OCO2. The first-order valence-electron chi connectivity index (χ1n) is 7.26. The Balaban J connectivity index is 2.12. The minimum atomic E-state index is -0.714. The standard InChI is InChI=1S/C15H17N3O6/c1-3-16-15(20)9(2)17-14(19)5-4-10-6-12-13(24-8-23-12)7-11(10)18(21)22/h4-7,9H,3,8H2,1-2H3,(H,16,20)(H,17,19)/b5-4+/t9-/m1/s1. The summed E-state index contributed by atoms with van der Waals surface area (Å²) in [5, 5.41) is 16.2. The fraction of sp³-hybridized carbons (Fsp3) is 0.333. The van der Waals surface area contributed by atoms with Gasteiger partial charge in [0.15, 0.2) is 11.5 Å². The zero-order valence-electron chi connectivity index (χ0n) is 13.2. The molecular formula is C15H17N3O6. The van der Waals surface area contributed by atoms with E-state index in [-0.39, 0.29) is 29.7 Å². The van der Waals surface area contributed by atoms with Crippen LogP contribution in [-0.4, -0.2) is 36.1 Å². The monoisotopic (exact) mass is 335 g/mol. The summed E-state index contributed by atoms with van der Waals surface area (Å²) in [5.74, 6) is -0.196. The highest BCUT2D eigenvalue weighted by atomic mass is 16.7. The van der Waals surface area contributed by atoms with E-state index in [2.05, 4.69) is 10.6 Å². The van der Waals surface area contributed by atoms with Crippen molar-refractivity contribution in [2.45, 2.75) is 19.9 Å². The van der Waals surface area contributed by atoms with E-state index in [0.29, 0.717) is 12.3 Å². The molecule has 24 heavy (non-hydrogen) atoms. The van der Waals surface area contributed by atoms with Crippen LogP contribution in [0.4, 0.5) is 5.69 Å². The van der Waals surface area contributed by atoms with E-state index in [1.54, 1.807) is 13.8 Å². The zero-order chi connectivity index (χ0) is 17.7. The lowest BCUT2D eigenvalue weighted by molar-refractivity contribution is -0.385. The third-order valence-corrected chi connectivity index (χ3v) is 3.24. The third-order valence-electron chi connectivity index (χ3n) is 3.24. The zero-order valence-corrected chi connectivity index (χ0v) is 13.2. The van der Waals surface area contributed by atoms with Crippen LogP contribution >= 0.6 is 0 Å². The Morgan fingerprint density at radius 1 is 1.38 bits per heavy atom. The van der Waals surface area contributed by atoms with Crippen LogP contribution in [0.5, 0.6) is 11.5 Å². The summed E-state index contributed by atoms with van der Waals surface area (Å²) in [4.78, 5) is 34.0. The molecule has 9 nitrogen and oxygen atoms in total. The van der Waals surface area contributed by atoms with Crippen molar-refractivity contribution in [3.05, 3.63) is 33.9 Å². The van der Waals surface area contributed by atoms with Crippen molar-refractivity contribution in [2.24, 2.45) is 0 Å². The van der Waals surface area contributed by atoms with Crippen molar-refractivity contribution < 1.29 is 24.0 Å². The van der Waals surface area contributed by atoms with E-state index in [1.165, 1.54) is 18.2 Å². The second kappa shape index (κ2) is 7.44. The van der Waals surface area contributed by atoms with Crippen molar-refractivity contribution in [3.8, 4) is 11.5 Å².